The number of para-hydroxylation sites is 1. The summed E-state index contributed by atoms with van der Waals surface area (Å²) in [6.07, 6.45) is 3.48. The number of aromatic nitrogens is 3. The number of likely N-dealkylation sites (N-methyl/N-ethyl adjacent to an activating group) is 1. The summed E-state index contributed by atoms with van der Waals surface area (Å²) < 4.78 is 1.77. The second-order valence-electron chi connectivity index (χ2n) is 9.07. The molecule has 0 saturated carbocycles. The fourth-order valence-electron chi connectivity index (χ4n) is 4.34. The Morgan fingerprint density at radius 1 is 1.03 bits per heavy atom. The molecule has 2 N–H and O–H groups in total. The first-order valence-corrected chi connectivity index (χ1v) is 12.0. The summed E-state index contributed by atoms with van der Waals surface area (Å²) in [6.45, 7) is 7.80. The van der Waals surface area contributed by atoms with Crippen molar-refractivity contribution in [3.05, 3.63) is 78.1 Å². The number of fused-ring (bicyclic) bond motifs is 1. The Morgan fingerprint density at radius 2 is 1.86 bits per heavy atom. The molecular formula is C27H31N7O. The monoisotopic (exact) mass is 469 g/mol. The molecule has 35 heavy (non-hydrogen) atoms. The molecule has 1 aliphatic heterocycles. The van der Waals surface area contributed by atoms with Gasteiger partial charge in [0.2, 0.25) is 0 Å². The number of hydrogen-bond acceptors (Lipinski definition) is 6. The highest BCUT2D eigenvalue weighted by molar-refractivity contribution is 5.94. The number of anilines is 2. The van der Waals surface area contributed by atoms with E-state index in [4.69, 9.17) is 0 Å². The van der Waals surface area contributed by atoms with Crippen LogP contribution in [-0.2, 0) is 0 Å². The van der Waals surface area contributed by atoms with Crippen molar-refractivity contribution in [1.82, 2.24) is 29.9 Å². The van der Waals surface area contributed by atoms with Gasteiger partial charge in [0.05, 0.1) is 11.7 Å². The van der Waals surface area contributed by atoms with Gasteiger partial charge >= 0.3 is 0 Å². The molecule has 0 spiro atoms. The fraction of sp³-hybridized carbons (Fsp3) is 0.296. The first-order chi connectivity index (χ1) is 17.1. The number of carbonyl (C=O) groups excluding carboxylic acids is 1. The van der Waals surface area contributed by atoms with Crippen LogP contribution in [0.5, 0.6) is 0 Å². The minimum atomic E-state index is -0.0936. The molecule has 8 heteroatoms. The molecular weight excluding hydrogens is 438 g/mol. The van der Waals surface area contributed by atoms with Crippen LogP contribution in [0.25, 0.3) is 16.7 Å². The van der Waals surface area contributed by atoms with Crippen LogP contribution in [0.4, 0.5) is 11.4 Å². The van der Waals surface area contributed by atoms with Crippen molar-refractivity contribution in [3.8, 4) is 5.82 Å². The first kappa shape index (κ1) is 23.0. The van der Waals surface area contributed by atoms with E-state index < -0.39 is 0 Å². The van der Waals surface area contributed by atoms with Crippen LogP contribution in [0.15, 0.2) is 67.0 Å². The summed E-state index contributed by atoms with van der Waals surface area (Å²) in [5.41, 5.74) is 4.77. The van der Waals surface area contributed by atoms with E-state index in [0.717, 1.165) is 55.0 Å². The second-order valence-corrected chi connectivity index (χ2v) is 9.07. The third-order valence-corrected chi connectivity index (χ3v) is 6.53. The van der Waals surface area contributed by atoms with Crippen LogP contribution in [0.2, 0.25) is 0 Å². The quantitative estimate of drug-likeness (QED) is 0.432. The number of benzene rings is 2. The number of nitrogens with zero attached hydrogens (tertiary/aromatic N) is 5. The van der Waals surface area contributed by atoms with Crippen molar-refractivity contribution in [2.45, 2.75) is 6.92 Å². The fourth-order valence-corrected chi connectivity index (χ4v) is 4.34. The molecule has 0 unspecified atom stereocenters. The molecule has 5 rings (SSSR count). The first-order valence-electron chi connectivity index (χ1n) is 12.0. The molecule has 3 heterocycles. The Hall–Kier alpha value is -3.75. The maximum absolute atomic E-state index is 12.8. The minimum absolute atomic E-state index is 0.0936. The number of piperazine rings is 1. The van der Waals surface area contributed by atoms with Crippen LogP contribution in [0.3, 0.4) is 0 Å². The van der Waals surface area contributed by atoms with E-state index in [1.165, 1.54) is 5.56 Å². The number of amides is 1. The Kier molecular flexibility index (Phi) is 6.74. The van der Waals surface area contributed by atoms with Crippen molar-refractivity contribution < 1.29 is 4.79 Å². The maximum atomic E-state index is 12.8. The molecule has 0 radical (unpaired) electrons. The lowest BCUT2D eigenvalue weighted by Crippen LogP contribution is -2.46. The number of hydrogen-bond donors (Lipinski definition) is 2. The lowest BCUT2D eigenvalue weighted by atomic mass is 10.2. The Morgan fingerprint density at radius 3 is 2.69 bits per heavy atom. The summed E-state index contributed by atoms with van der Waals surface area (Å²) in [7, 11) is 2.14. The third kappa shape index (κ3) is 5.34. The van der Waals surface area contributed by atoms with Gasteiger partial charge in [-0.3, -0.25) is 9.69 Å². The Balaban J connectivity index is 1.27. The standard InChI is InChI=1S/C27H31N7O/c1-20-5-3-4-6-24(20)31-23-7-8-25-22(17-23)19-30-34(25)26-18-21(9-10-28-26)27(35)29-11-12-33-15-13-32(2)14-16-33/h3-10,17-19,31H,11-16H2,1-2H3,(H,29,35). The van der Waals surface area contributed by atoms with Gasteiger partial charge in [0, 0.05) is 67.8 Å². The Labute approximate surface area is 205 Å². The van der Waals surface area contributed by atoms with Gasteiger partial charge in [0.1, 0.15) is 0 Å². The normalized spacial score (nSPS) is 14.8. The van der Waals surface area contributed by atoms with E-state index in [1.54, 1.807) is 23.0 Å². The molecule has 0 atom stereocenters. The summed E-state index contributed by atoms with van der Waals surface area (Å²) >= 11 is 0. The molecule has 180 valence electrons. The predicted octanol–water partition coefficient (Wildman–Crippen LogP) is 3.45. The van der Waals surface area contributed by atoms with Gasteiger partial charge in [-0.25, -0.2) is 9.67 Å². The van der Waals surface area contributed by atoms with Gasteiger partial charge in [-0.2, -0.15) is 5.10 Å². The molecule has 8 nitrogen and oxygen atoms in total. The zero-order valence-electron chi connectivity index (χ0n) is 20.2. The summed E-state index contributed by atoms with van der Waals surface area (Å²) in [5.74, 6) is 0.523. The highest BCUT2D eigenvalue weighted by atomic mass is 16.1. The second kappa shape index (κ2) is 10.2. The number of aryl methyl sites for hydroxylation is 1. The lowest BCUT2D eigenvalue weighted by Gasteiger charge is -2.32. The molecule has 0 bridgehead atoms. The topological polar surface area (TPSA) is 78.3 Å². The van der Waals surface area contributed by atoms with Crippen molar-refractivity contribution >= 4 is 28.2 Å². The summed E-state index contributed by atoms with van der Waals surface area (Å²) in [6, 6.07) is 17.8. The molecule has 2 aromatic heterocycles. The van der Waals surface area contributed by atoms with Crippen LogP contribution < -0.4 is 10.6 Å². The number of rotatable bonds is 7. The molecule has 0 aliphatic carbocycles. The smallest absolute Gasteiger partial charge is 0.251 e. The highest BCUT2D eigenvalue weighted by Gasteiger charge is 2.15. The molecule has 4 aromatic rings. The van der Waals surface area contributed by atoms with Gasteiger partial charge < -0.3 is 15.5 Å². The molecule has 1 fully saturated rings. The predicted molar refractivity (Wildman–Crippen MR) is 140 cm³/mol. The van der Waals surface area contributed by atoms with Gasteiger partial charge in [0.15, 0.2) is 5.82 Å². The number of pyridine rings is 1. The van der Waals surface area contributed by atoms with E-state index in [1.807, 2.05) is 30.5 Å². The van der Waals surface area contributed by atoms with Gasteiger partial charge in [-0.15, -0.1) is 0 Å². The Bertz CT molecular complexity index is 1320. The van der Waals surface area contributed by atoms with Crippen LogP contribution in [-0.4, -0.2) is 76.8 Å². The zero-order chi connectivity index (χ0) is 24.2. The molecule has 1 saturated heterocycles. The minimum Gasteiger partial charge on any atom is -0.355 e. The van der Waals surface area contributed by atoms with Crippen molar-refractivity contribution in [2.75, 3.05) is 51.6 Å². The van der Waals surface area contributed by atoms with E-state index in [-0.39, 0.29) is 5.91 Å². The van der Waals surface area contributed by atoms with E-state index in [0.29, 0.717) is 17.9 Å². The van der Waals surface area contributed by atoms with Crippen LogP contribution in [0, 0.1) is 6.92 Å². The summed E-state index contributed by atoms with van der Waals surface area (Å²) in [4.78, 5) is 21.9. The maximum Gasteiger partial charge on any atom is 0.251 e. The van der Waals surface area contributed by atoms with Gasteiger partial charge in [-0.05, 0) is 55.9 Å². The zero-order valence-corrected chi connectivity index (χ0v) is 20.2. The molecule has 1 aliphatic rings. The SMILES string of the molecule is Cc1ccccc1Nc1ccc2c(cnn2-c2cc(C(=O)NCCN3CCN(C)CC3)ccn2)c1. The third-order valence-electron chi connectivity index (χ3n) is 6.53. The largest absolute Gasteiger partial charge is 0.355 e. The van der Waals surface area contributed by atoms with E-state index >= 15 is 0 Å². The summed E-state index contributed by atoms with van der Waals surface area (Å²) in [5, 5.41) is 12.1. The lowest BCUT2D eigenvalue weighted by molar-refractivity contribution is 0.0941. The van der Waals surface area contributed by atoms with Crippen molar-refractivity contribution in [3.63, 3.8) is 0 Å². The highest BCUT2D eigenvalue weighted by Crippen LogP contribution is 2.25. The van der Waals surface area contributed by atoms with Gasteiger partial charge in [-0.1, -0.05) is 18.2 Å². The molecule has 1 amide bonds. The van der Waals surface area contributed by atoms with E-state index in [2.05, 4.69) is 62.7 Å². The average Bonchev–Trinajstić information content (AvgIpc) is 3.30. The van der Waals surface area contributed by atoms with E-state index in [9.17, 15) is 4.79 Å². The van der Waals surface area contributed by atoms with Crippen LogP contribution >= 0.6 is 0 Å². The average molecular weight is 470 g/mol. The van der Waals surface area contributed by atoms with Crippen LogP contribution in [0.1, 0.15) is 15.9 Å². The van der Waals surface area contributed by atoms with Crippen molar-refractivity contribution in [1.29, 1.82) is 0 Å². The molecule has 2 aromatic carbocycles. The van der Waals surface area contributed by atoms with Crippen molar-refractivity contribution in [2.24, 2.45) is 0 Å². The number of nitrogens with one attached hydrogen (secondary N) is 2. The van der Waals surface area contributed by atoms with Gasteiger partial charge in [0.25, 0.3) is 5.91 Å². The number of carbonyl (C=O) groups is 1.